The van der Waals surface area contributed by atoms with Crippen LogP contribution >= 0.6 is 0 Å². The molecular weight excluding hydrogens is 529 g/mol. The molecule has 4 aromatic rings. The van der Waals surface area contributed by atoms with Crippen molar-refractivity contribution in [3.8, 4) is 11.5 Å². The van der Waals surface area contributed by atoms with E-state index in [1.807, 2.05) is 60.8 Å². The van der Waals surface area contributed by atoms with E-state index >= 15 is 0 Å². The Balaban J connectivity index is 1.30. The third-order valence-corrected chi connectivity index (χ3v) is 8.14. The molecule has 1 unspecified atom stereocenters. The average molecular weight is 559 g/mol. The van der Waals surface area contributed by atoms with E-state index in [2.05, 4.69) is 14.7 Å². The Morgan fingerprint density at radius 1 is 1.05 bits per heavy atom. The van der Waals surface area contributed by atoms with Crippen LogP contribution in [-0.4, -0.2) is 48.6 Å². The van der Waals surface area contributed by atoms with Crippen LogP contribution < -0.4 is 10.1 Å². The van der Waals surface area contributed by atoms with Crippen LogP contribution in [0.1, 0.15) is 24.8 Å². The molecule has 1 aromatic heterocycles. The Morgan fingerprint density at radius 3 is 2.48 bits per heavy atom. The zero-order valence-corrected chi connectivity index (χ0v) is 22.5. The smallest absolute Gasteiger partial charge is 0.457 e. The molecule has 2 atom stereocenters. The third kappa shape index (κ3) is 7.18. The van der Waals surface area contributed by atoms with Gasteiger partial charge in [0, 0.05) is 23.3 Å². The van der Waals surface area contributed by atoms with E-state index in [1.54, 1.807) is 12.1 Å². The quantitative estimate of drug-likeness (QED) is 0.153. The minimum atomic E-state index is -4.11. The molecule has 1 aliphatic carbocycles. The largest absolute Gasteiger partial charge is 0.475 e. The van der Waals surface area contributed by atoms with Crippen molar-refractivity contribution in [1.82, 2.24) is 10.3 Å². The van der Waals surface area contributed by atoms with Crippen molar-refractivity contribution in [2.75, 3.05) is 0 Å². The van der Waals surface area contributed by atoms with E-state index in [9.17, 15) is 23.3 Å². The topological polar surface area (TPSA) is 141 Å². The molecular formula is C29H30BN3O6S. The molecule has 0 spiro atoms. The Kier molecular flexibility index (Phi) is 8.34. The first-order valence-corrected chi connectivity index (χ1v) is 14.6. The van der Waals surface area contributed by atoms with Crippen LogP contribution in [0.3, 0.4) is 0 Å². The maximum absolute atomic E-state index is 13.2. The summed E-state index contributed by atoms with van der Waals surface area (Å²) >= 11 is 0. The Hall–Kier alpha value is -3.93. The number of ether oxygens (including phenoxy) is 1. The summed E-state index contributed by atoms with van der Waals surface area (Å²) in [5.41, 5.74) is 1.80. The predicted molar refractivity (Wildman–Crippen MR) is 154 cm³/mol. The molecule has 3 aromatic carbocycles. The zero-order chi connectivity index (χ0) is 28.1. The fourth-order valence-electron chi connectivity index (χ4n) is 4.46. The molecule has 0 aliphatic heterocycles. The molecule has 0 radical (unpaired) electrons. The van der Waals surface area contributed by atoms with Gasteiger partial charge in [0.2, 0.25) is 5.91 Å². The number of sulfonamides is 1. The van der Waals surface area contributed by atoms with Crippen molar-refractivity contribution in [1.29, 1.82) is 0 Å². The number of benzene rings is 3. The first-order chi connectivity index (χ1) is 19.3. The molecule has 11 heteroatoms. The monoisotopic (exact) mass is 559 g/mol. The molecule has 4 N–H and O–H groups in total. The van der Waals surface area contributed by atoms with Gasteiger partial charge in [-0.05, 0) is 72.9 Å². The van der Waals surface area contributed by atoms with Crippen molar-refractivity contribution in [2.24, 2.45) is 16.2 Å². The van der Waals surface area contributed by atoms with Crippen molar-refractivity contribution in [3.05, 3.63) is 90.6 Å². The van der Waals surface area contributed by atoms with Crippen LogP contribution in [0.2, 0.25) is 0 Å². The number of carbonyl (C=O) groups is 1. The van der Waals surface area contributed by atoms with Gasteiger partial charge in [-0.15, -0.1) is 0 Å². The van der Waals surface area contributed by atoms with Gasteiger partial charge in [-0.3, -0.25) is 4.79 Å². The van der Waals surface area contributed by atoms with Crippen molar-refractivity contribution in [3.63, 3.8) is 0 Å². The van der Waals surface area contributed by atoms with Gasteiger partial charge in [-0.25, -0.2) is 0 Å². The van der Waals surface area contributed by atoms with Crippen LogP contribution in [0.15, 0.2) is 94.4 Å². The molecule has 0 bridgehead atoms. The van der Waals surface area contributed by atoms with E-state index in [0.717, 1.165) is 35.5 Å². The molecule has 1 heterocycles. The first-order valence-electron chi connectivity index (χ1n) is 13.1. The standard InChI is InChI=1S/C29H30BN3O6S/c34-29(33-28(30(35)36)17-21-6-7-21)23(16-20-4-2-1-3-5-20)19-32-40(37,38)26-11-8-24(9-12-26)39-25-10-13-27-22(18-25)14-15-31-27/h1-5,8-15,18-19,21,23,28,31,35-36H,6-7,16-17H2,(H,33,34)/b32-19+/t23?,28-/m0/s1. The molecule has 1 saturated carbocycles. The predicted octanol–water partition coefficient (Wildman–Crippen LogP) is 3.88. The Bertz CT molecular complexity index is 1590. The number of fused-ring (bicyclic) bond motifs is 1. The van der Waals surface area contributed by atoms with Crippen LogP contribution in [0.4, 0.5) is 0 Å². The van der Waals surface area contributed by atoms with Gasteiger partial charge in [0.1, 0.15) is 11.5 Å². The van der Waals surface area contributed by atoms with Gasteiger partial charge >= 0.3 is 7.12 Å². The number of rotatable bonds is 12. The molecule has 206 valence electrons. The second-order valence-corrected chi connectivity index (χ2v) is 11.7. The van der Waals surface area contributed by atoms with Crippen molar-refractivity contribution < 1.29 is 28.0 Å². The number of amides is 1. The first kappa shape index (κ1) is 27.6. The number of hydrogen-bond acceptors (Lipinski definition) is 6. The Morgan fingerprint density at radius 2 is 1.77 bits per heavy atom. The highest BCUT2D eigenvalue weighted by molar-refractivity contribution is 7.90. The van der Waals surface area contributed by atoms with Gasteiger partial charge in [0.15, 0.2) is 0 Å². The summed E-state index contributed by atoms with van der Waals surface area (Å²) in [6, 6.07) is 22.6. The highest BCUT2D eigenvalue weighted by Gasteiger charge is 2.34. The molecule has 9 nitrogen and oxygen atoms in total. The number of carbonyl (C=O) groups excluding carboxylic acids is 1. The average Bonchev–Trinajstić information content (AvgIpc) is 3.64. The van der Waals surface area contributed by atoms with E-state index in [0.29, 0.717) is 23.8 Å². The lowest BCUT2D eigenvalue weighted by molar-refractivity contribution is -0.123. The number of nitrogens with zero attached hydrogens (tertiary/aromatic N) is 1. The normalized spacial score (nSPS) is 15.2. The van der Waals surface area contributed by atoms with Crippen LogP contribution in [0, 0.1) is 11.8 Å². The van der Waals surface area contributed by atoms with E-state index in [4.69, 9.17) is 4.74 Å². The molecule has 5 rings (SSSR count). The van der Waals surface area contributed by atoms with Gasteiger partial charge in [-0.1, -0.05) is 43.2 Å². The van der Waals surface area contributed by atoms with Gasteiger partial charge in [-0.2, -0.15) is 12.8 Å². The Labute approximate surface area is 233 Å². The highest BCUT2D eigenvalue weighted by Crippen LogP contribution is 2.33. The second-order valence-electron chi connectivity index (χ2n) is 10.0. The van der Waals surface area contributed by atoms with Crippen molar-refractivity contribution in [2.45, 2.75) is 36.5 Å². The summed E-state index contributed by atoms with van der Waals surface area (Å²) in [4.78, 5) is 16.2. The minimum Gasteiger partial charge on any atom is -0.457 e. The third-order valence-electron chi connectivity index (χ3n) is 6.87. The fourth-order valence-corrected chi connectivity index (χ4v) is 5.37. The maximum atomic E-state index is 13.2. The summed E-state index contributed by atoms with van der Waals surface area (Å²) < 4.78 is 35.8. The molecule has 0 saturated heterocycles. The number of aromatic amines is 1. The summed E-state index contributed by atoms with van der Waals surface area (Å²) in [7, 11) is -5.83. The fraction of sp³-hybridized carbons (Fsp3) is 0.241. The summed E-state index contributed by atoms with van der Waals surface area (Å²) in [6.45, 7) is 0. The lowest BCUT2D eigenvalue weighted by Gasteiger charge is -2.20. The summed E-state index contributed by atoms with van der Waals surface area (Å²) in [5.74, 6) is -0.883. The molecule has 1 fully saturated rings. The summed E-state index contributed by atoms with van der Waals surface area (Å²) in [5, 5.41) is 23.2. The lowest BCUT2D eigenvalue weighted by atomic mass is 9.76. The molecule has 1 amide bonds. The lowest BCUT2D eigenvalue weighted by Crippen LogP contribution is -2.49. The van der Waals surface area contributed by atoms with Gasteiger partial charge in [0.25, 0.3) is 10.0 Å². The van der Waals surface area contributed by atoms with Crippen LogP contribution in [0.25, 0.3) is 10.9 Å². The number of H-pyrrole nitrogens is 1. The zero-order valence-electron chi connectivity index (χ0n) is 21.7. The number of hydrogen-bond donors (Lipinski definition) is 4. The number of aromatic nitrogens is 1. The van der Waals surface area contributed by atoms with Gasteiger partial charge in [0.05, 0.1) is 16.8 Å². The second kappa shape index (κ2) is 12.1. The molecule has 40 heavy (non-hydrogen) atoms. The van der Waals surface area contributed by atoms with Crippen LogP contribution in [0.5, 0.6) is 11.5 Å². The number of nitrogens with one attached hydrogen (secondary N) is 2. The van der Waals surface area contributed by atoms with Crippen LogP contribution in [-0.2, 0) is 21.2 Å². The summed E-state index contributed by atoms with van der Waals surface area (Å²) in [6.07, 6.45) is 5.57. The maximum Gasteiger partial charge on any atom is 0.475 e. The van der Waals surface area contributed by atoms with Crippen molar-refractivity contribution >= 4 is 40.2 Å². The van der Waals surface area contributed by atoms with E-state index < -0.39 is 34.9 Å². The minimum absolute atomic E-state index is 0.0477. The highest BCUT2D eigenvalue weighted by atomic mass is 32.2. The van der Waals surface area contributed by atoms with Gasteiger partial charge < -0.3 is 25.1 Å². The molecule has 1 aliphatic rings. The van der Waals surface area contributed by atoms with E-state index in [1.165, 1.54) is 12.1 Å². The SMILES string of the molecule is O=C(N[C@@H](CC1CC1)B(O)O)C(/C=N/S(=O)(=O)c1ccc(Oc2ccc3[nH]ccc3c2)cc1)Cc1ccccc1. The van der Waals surface area contributed by atoms with E-state index in [-0.39, 0.29) is 11.3 Å².